The molecule has 0 unspecified atom stereocenters. The Morgan fingerprint density at radius 3 is 2.15 bits per heavy atom. The van der Waals surface area contributed by atoms with E-state index in [9.17, 15) is 9.59 Å². The molecule has 2 N–H and O–H groups in total. The van der Waals surface area contributed by atoms with Crippen LogP contribution in [0.3, 0.4) is 0 Å². The third kappa shape index (κ3) is 4.48. The van der Waals surface area contributed by atoms with Gasteiger partial charge in [0.1, 0.15) is 11.2 Å². The lowest BCUT2D eigenvalue weighted by Gasteiger charge is -2.23. The van der Waals surface area contributed by atoms with Crippen LogP contribution in [0.5, 0.6) is 5.75 Å². The Hall–Kier alpha value is -2.24. The highest BCUT2D eigenvalue weighted by atomic mass is 35.5. The topological polar surface area (TPSA) is 67.4 Å². The molecule has 2 amide bonds. The quantitative estimate of drug-likeness (QED) is 0.707. The van der Waals surface area contributed by atoms with Crippen LogP contribution in [0.4, 0.5) is 11.4 Å². The molecule has 2 rings (SSSR count). The number of methoxy groups -OCH3 is 1. The molecule has 0 saturated heterocycles. The summed E-state index contributed by atoms with van der Waals surface area (Å²) in [5.41, 5.74) is 0.492. The molecule has 0 aliphatic heterocycles. The average molecular weight is 395 g/mol. The molecule has 0 heterocycles. The van der Waals surface area contributed by atoms with E-state index in [4.69, 9.17) is 27.9 Å². The fourth-order valence-electron chi connectivity index (χ4n) is 2.17. The van der Waals surface area contributed by atoms with Crippen LogP contribution >= 0.6 is 23.2 Å². The zero-order valence-corrected chi connectivity index (χ0v) is 16.5. The molecule has 0 saturated carbocycles. The lowest BCUT2D eigenvalue weighted by Crippen LogP contribution is -2.41. The van der Waals surface area contributed by atoms with Gasteiger partial charge in [-0.2, -0.15) is 0 Å². The molecule has 0 aliphatic carbocycles. The van der Waals surface area contributed by atoms with Gasteiger partial charge in [-0.1, -0.05) is 29.3 Å². The number of aryl methyl sites for hydroxylation is 1. The summed E-state index contributed by atoms with van der Waals surface area (Å²) in [6.07, 6.45) is 0. The molecule has 0 spiro atoms. The number of benzene rings is 2. The van der Waals surface area contributed by atoms with Crippen LogP contribution in [0.1, 0.15) is 19.4 Å². The second kappa shape index (κ2) is 7.98. The Balaban J connectivity index is 2.19. The zero-order chi connectivity index (χ0) is 19.5. The van der Waals surface area contributed by atoms with E-state index in [0.717, 1.165) is 5.56 Å². The maximum atomic E-state index is 12.7. The van der Waals surface area contributed by atoms with E-state index in [1.54, 1.807) is 24.3 Å². The number of nitrogens with one attached hydrogen (secondary N) is 2. The number of amides is 2. The molecule has 0 radical (unpaired) electrons. The molecule has 0 atom stereocenters. The van der Waals surface area contributed by atoms with Crippen molar-refractivity contribution >= 4 is 46.4 Å². The SMILES string of the molecule is COc1ccc(C)cc1NC(=O)C(C)(C)C(=O)Nc1ccc(Cl)cc1Cl. The van der Waals surface area contributed by atoms with Gasteiger partial charge in [0.25, 0.3) is 0 Å². The number of hydrogen-bond acceptors (Lipinski definition) is 3. The van der Waals surface area contributed by atoms with Crippen molar-refractivity contribution in [1.82, 2.24) is 0 Å². The molecule has 0 aromatic heterocycles. The van der Waals surface area contributed by atoms with Gasteiger partial charge >= 0.3 is 0 Å². The Labute approximate surface area is 162 Å². The van der Waals surface area contributed by atoms with Crippen molar-refractivity contribution in [3.05, 3.63) is 52.0 Å². The fraction of sp³-hybridized carbons (Fsp3) is 0.263. The first-order valence-electron chi connectivity index (χ1n) is 7.87. The molecule has 138 valence electrons. The number of rotatable bonds is 5. The van der Waals surface area contributed by atoms with Crippen LogP contribution in [0, 0.1) is 12.3 Å². The molecule has 26 heavy (non-hydrogen) atoms. The molecule has 2 aromatic carbocycles. The maximum Gasteiger partial charge on any atom is 0.239 e. The molecular weight excluding hydrogens is 375 g/mol. The van der Waals surface area contributed by atoms with Gasteiger partial charge in [0.15, 0.2) is 0 Å². The number of carbonyl (C=O) groups excluding carboxylic acids is 2. The second-order valence-corrected chi connectivity index (χ2v) is 7.20. The first-order valence-corrected chi connectivity index (χ1v) is 8.63. The van der Waals surface area contributed by atoms with Crippen LogP contribution in [0.2, 0.25) is 10.0 Å². The standard InChI is InChI=1S/C19H20Cl2N2O3/c1-11-5-8-16(26-4)15(9-11)23-18(25)19(2,3)17(24)22-14-7-6-12(20)10-13(14)21/h5-10H,1-4H3,(H,22,24)(H,23,25). The third-order valence-corrected chi connectivity index (χ3v) is 4.47. The van der Waals surface area contributed by atoms with Crippen LogP contribution in [-0.4, -0.2) is 18.9 Å². The van der Waals surface area contributed by atoms with Gasteiger partial charge < -0.3 is 15.4 Å². The average Bonchev–Trinajstić information content (AvgIpc) is 2.57. The zero-order valence-electron chi connectivity index (χ0n) is 14.9. The fourth-order valence-corrected chi connectivity index (χ4v) is 2.63. The van der Waals surface area contributed by atoms with Crippen molar-refractivity contribution in [2.75, 3.05) is 17.7 Å². The van der Waals surface area contributed by atoms with Gasteiger partial charge in [-0.15, -0.1) is 0 Å². The first kappa shape index (κ1) is 20.1. The lowest BCUT2D eigenvalue weighted by atomic mass is 9.90. The maximum absolute atomic E-state index is 12.7. The Morgan fingerprint density at radius 1 is 0.962 bits per heavy atom. The van der Waals surface area contributed by atoms with Crippen molar-refractivity contribution in [3.63, 3.8) is 0 Å². The predicted molar refractivity (Wildman–Crippen MR) is 105 cm³/mol. The Kier molecular flexibility index (Phi) is 6.16. The van der Waals surface area contributed by atoms with Crippen LogP contribution in [0.15, 0.2) is 36.4 Å². The summed E-state index contributed by atoms with van der Waals surface area (Å²) in [6, 6.07) is 10.1. The van der Waals surface area contributed by atoms with E-state index in [1.807, 2.05) is 13.0 Å². The van der Waals surface area contributed by atoms with E-state index in [1.165, 1.54) is 27.0 Å². The first-order chi connectivity index (χ1) is 12.1. The van der Waals surface area contributed by atoms with E-state index in [-0.39, 0.29) is 0 Å². The van der Waals surface area contributed by atoms with Crippen LogP contribution in [0.25, 0.3) is 0 Å². The van der Waals surface area contributed by atoms with Crippen molar-refractivity contribution in [2.24, 2.45) is 5.41 Å². The van der Waals surface area contributed by atoms with Gasteiger partial charge in [-0.25, -0.2) is 0 Å². The van der Waals surface area contributed by atoms with Gasteiger partial charge in [-0.3, -0.25) is 9.59 Å². The van der Waals surface area contributed by atoms with E-state index >= 15 is 0 Å². The van der Waals surface area contributed by atoms with Crippen LogP contribution < -0.4 is 15.4 Å². The van der Waals surface area contributed by atoms with Gasteiger partial charge in [-0.05, 0) is 56.7 Å². The summed E-state index contributed by atoms with van der Waals surface area (Å²) in [5.74, 6) is -0.448. The monoisotopic (exact) mass is 394 g/mol. The normalized spacial score (nSPS) is 11.0. The van der Waals surface area contributed by atoms with E-state index in [0.29, 0.717) is 27.2 Å². The minimum atomic E-state index is -1.35. The minimum Gasteiger partial charge on any atom is -0.495 e. The largest absolute Gasteiger partial charge is 0.495 e. The van der Waals surface area contributed by atoms with Crippen molar-refractivity contribution < 1.29 is 14.3 Å². The minimum absolute atomic E-state index is 0.294. The second-order valence-electron chi connectivity index (χ2n) is 6.36. The number of carbonyl (C=O) groups is 2. The predicted octanol–water partition coefficient (Wildman–Crippen LogP) is 4.91. The number of anilines is 2. The van der Waals surface area contributed by atoms with Crippen LogP contribution in [-0.2, 0) is 9.59 Å². The van der Waals surface area contributed by atoms with Crippen molar-refractivity contribution in [3.8, 4) is 5.75 Å². The number of halogens is 2. The van der Waals surface area contributed by atoms with E-state index < -0.39 is 17.2 Å². The van der Waals surface area contributed by atoms with Gasteiger partial charge in [0, 0.05) is 5.02 Å². The molecule has 5 nitrogen and oxygen atoms in total. The Bertz CT molecular complexity index is 851. The summed E-state index contributed by atoms with van der Waals surface area (Å²) in [7, 11) is 1.51. The highest BCUT2D eigenvalue weighted by Gasteiger charge is 2.36. The summed E-state index contributed by atoms with van der Waals surface area (Å²) in [6.45, 7) is 4.96. The summed E-state index contributed by atoms with van der Waals surface area (Å²) in [5, 5.41) is 6.17. The highest BCUT2D eigenvalue weighted by Crippen LogP contribution is 2.30. The summed E-state index contributed by atoms with van der Waals surface area (Å²) < 4.78 is 5.25. The molecular formula is C19H20Cl2N2O3. The van der Waals surface area contributed by atoms with E-state index in [2.05, 4.69) is 10.6 Å². The highest BCUT2D eigenvalue weighted by molar-refractivity contribution is 6.36. The Morgan fingerprint density at radius 2 is 1.58 bits per heavy atom. The lowest BCUT2D eigenvalue weighted by molar-refractivity contribution is -0.135. The third-order valence-electron chi connectivity index (χ3n) is 3.92. The number of ether oxygens (including phenoxy) is 1. The smallest absolute Gasteiger partial charge is 0.239 e. The van der Waals surface area contributed by atoms with Crippen molar-refractivity contribution in [2.45, 2.75) is 20.8 Å². The summed E-state index contributed by atoms with van der Waals surface area (Å²) in [4.78, 5) is 25.3. The van der Waals surface area contributed by atoms with Gasteiger partial charge in [0.2, 0.25) is 11.8 Å². The molecule has 0 aliphatic rings. The molecule has 2 aromatic rings. The number of hydrogen-bond donors (Lipinski definition) is 2. The summed E-state index contributed by atoms with van der Waals surface area (Å²) >= 11 is 11.9. The molecule has 7 heteroatoms. The molecule has 0 fully saturated rings. The van der Waals surface area contributed by atoms with Gasteiger partial charge in [0.05, 0.1) is 23.5 Å². The molecule has 0 bridgehead atoms. The van der Waals surface area contributed by atoms with Crippen molar-refractivity contribution in [1.29, 1.82) is 0 Å².